The topological polar surface area (TPSA) is 43.4 Å². The first kappa shape index (κ1) is 15.5. The van der Waals surface area contributed by atoms with E-state index in [2.05, 4.69) is 0 Å². The number of carbonyl (C=O) groups excluding carboxylic acids is 2. The summed E-state index contributed by atoms with van der Waals surface area (Å²) in [6.07, 6.45) is 2.76. The third kappa shape index (κ3) is 4.29. The number of rotatable bonds is 6. The van der Waals surface area contributed by atoms with Crippen molar-refractivity contribution in [2.24, 2.45) is 11.3 Å². The summed E-state index contributed by atoms with van der Waals surface area (Å²) in [7, 11) is 0. The summed E-state index contributed by atoms with van der Waals surface area (Å²) >= 11 is 11.2. The lowest BCUT2D eigenvalue weighted by molar-refractivity contribution is -0.146. The molecule has 1 saturated carbocycles. The van der Waals surface area contributed by atoms with Crippen LogP contribution in [0.5, 0.6) is 0 Å². The number of ketones is 1. The highest BCUT2D eigenvalue weighted by Gasteiger charge is 2.59. The van der Waals surface area contributed by atoms with E-state index < -0.39 is 0 Å². The Kier molecular flexibility index (Phi) is 5.23. The first-order valence-electron chi connectivity index (χ1n) is 5.97. The normalized spacial score (nSPS) is 24.3. The van der Waals surface area contributed by atoms with Gasteiger partial charge in [0.25, 0.3) is 0 Å². The third-order valence-electron chi connectivity index (χ3n) is 3.28. The van der Waals surface area contributed by atoms with Crippen LogP contribution in [0.25, 0.3) is 0 Å². The Bertz CT molecular complexity index is 370. The lowest BCUT2D eigenvalue weighted by Crippen LogP contribution is -2.10. The molecule has 102 valence electrons. The number of hydrogen-bond acceptors (Lipinski definition) is 3. The van der Waals surface area contributed by atoms with E-state index in [1.54, 1.807) is 6.08 Å². The van der Waals surface area contributed by atoms with Crippen LogP contribution >= 0.6 is 23.2 Å². The van der Waals surface area contributed by atoms with Crippen molar-refractivity contribution in [2.45, 2.75) is 46.1 Å². The minimum Gasteiger partial charge on any atom is -0.461 e. The molecule has 18 heavy (non-hydrogen) atoms. The Morgan fingerprint density at radius 2 is 1.89 bits per heavy atom. The van der Waals surface area contributed by atoms with Gasteiger partial charge in [-0.3, -0.25) is 4.79 Å². The van der Waals surface area contributed by atoms with E-state index >= 15 is 0 Å². The van der Waals surface area contributed by atoms with Crippen molar-refractivity contribution in [2.75, 3.05) is 0 Å². The highest BCUT2D eigenvalue weighted by Crippen LogP contribution is 2.55. The zero-order chi connectivity index (χ0) is 13.9. The van der Waals surface area contributed by atoms with Crippen LogP contribution < -0.4 is 0 Å². The van der Waals surface area contributed by atoms with Crippen molar-refractivity contribution in [3.05, 3.63) is 10.6 Å². The van der Waals surface area contributed by atoms with E-state index in [1.165, 1.54) is 6.92 Å². The molecule has 3 nitrogen and oxygen atoms in total. The molecule has 1 aliphatic carbocycles. The van der Waals surface area contributed by atoms with Crippen molar-refractivity contribution < 1.29 is 14.3 Å². The van der Waals surface area contributed by atoms with Gasteiger partial charge in [0.2, 0.25) is 0 Å². The summed E-state index contributed by atoms with van der Waals surface area (Å²) in [5.41, 5.74) is -0.120. The first-order chi connectivity index (χ1) is 8.25. The van der Waals surface area contributed by atoms with Gasteiger partial charge in [0.15, 0.2) is 0 Å². The van der Waals surface area contributed by atoms with Gasteiger partial charge in [0.1, 0.15) is 16.4 Å². The zero-order valence-electron chi connectivity index (χ0n) is 10.8. The molecule has 2 unspecified atom stereocenters. The van der Waals surface area contributed by atoms with Crippen molar-refractivity contribution >= 4 is 35.0 Å². The van der Waals surface area contributed by atoms with Crippen LogP contribution in [0.2, 0.25) is 0 Å². The molecular formula is C13H18Cl2O3. The molecule has 0 aliphatic heterocycles. The van der Waals surface area contributed by atoms with Crippen LogP contribution in [0, 0.1) is 11.3 Å². The van der Waals surface area contributed by atoms with E-state index in [1.807, 2.05) is 13.8 Å². The zero-order valence-corrected chi connectivity index (χ0v) is 12.3. The van der Waals surface area contributed by atoms with Crippen LogP contribution in [0.1, 0.15) is 40.0 Å². The van der Waals surface area contributed by atoms with Gasteiger partial charge in [-0.25, -0.2) is 0 Å². The minimum atomic E-state index is -0.268. The number of carbonyl (C=O) groups is 2. The molecule has 0 aromatic heterocycles. The molecule has 1 fully saturated rings. The Labute approximate surface area is 117 Å². The summed E-state index contributed by atoms with van der Waals surface area (Å²) in [5, 5.41) is 0. The fourth-order valence-corrected chi connectivity index (χ4v) is 2.25. The molecule has 1 aliphatic rings. The Hall–Kier alpha value is -0.540. The number of hydrogen-bond donors (Lipinski definition) is 0. The molecule has 0 N–H and O–H groups in total. The molecule has 1 rings (SSSR count). The maximum absolute atomic E-state index is 11.6. The molecular weight excluding hydrogens is 275 g/mol. The quantitative estimate of drug-likeness (QED) is 0.702. The van der Waals surface area contributed by atoms with Gasteiger partial charge in [-0.2, -0.15) is 0 Å². The highest BCUT2D eigenvalue weighted by molar-refractivity contribution is 6.55. The average molecular weight is 293 g/mol. The molecule has 0 aromatic carbocycles. The van der Waals surface area contributed by atoms with E-state index in [-0.39, 0.29) is 40.1 Å². The van der Waals surface area contributed by atoms with E-state index in [0.29, 0.717) is 12.8 Å². The van der Waals surface area contributed by atoms with Gasteiger partial charge in [-0.1, -0.05) is 37.0 Å². The second-order valence-corrected chi connectivity index (χ2v) is 6.28. The summed E-state index contributed by atoms with van der Waals surface area (Å²) in [5.74, 6) is -0.112. The van der Waals surface area contributed by atoms with Crippen LogP contribution in [-0.4, -0.2) is 17.9 Å². The van der Waals surface area contributed by atoms with E-state index in [9.17, 15) is 9.59 Å². The molecule has 0 heterocycles. The highest BCUT2D eigenvalue weighted by atomic mass is 35.5. The summed E-state index contributed by atoms with van der Waals surface area (Å²) < 4.78 is 5.56. The van der Waals surface area contributed by atoms with Gasteiger partial charge in [-0.15, -0.1) is 0 Å². The van der Waals surface area contributed by atoms with Gasteiger partial charge >= 0.3 is 5.97 Å². The molecule has 0 amide bonds. The average Bonchev–Trinajstić information content (AvgIpc) is 2.67. The van der Waals surface area contributed by atoms with Gasteiger partial charge in [-0.05, 0) is 19.4 Å². The Morgan fingerprint density at radius 1 is 1.28 bits per heavy atom. The number of Topliss-reactive ketones (excluding diaryl/α,β-unsaturated/α-hetero) is 1. The molecule has 0 spiro atoms. The molecule has 2 atom stereocenters. The number of ether oxygens (including phenoxy) is 1. The molecule has 0 aromatic rings. The molecule has 0 saturated heterocycles. The van der Waals surface area contributed by atoms with Gasteiger partial charge in [0, 0.05) is 24.2 Å². The summed E-state index contributed by atoms with van der Waals surface area (Å²) in [6.45, 7) is 5.51. The third-order valence-corrected chi connectivity index (χ3v) is 3.54. The second-order valence-electron chi connectivity index (χ2n) is 5.27. The predicted molar refractivity (Wildman–Crippen MR) is 71.5 cm³/mol. The number of esters is 1. The summed E-state index contributed by atoms with van der Waals surface area (Å²) in [6, 6.07) is 0. The molecule has 0 bridgehead atoms. The smallest absolute Gasteiger partial charge is 0.306 e. The minimum absolute atomic E-state index is 0.0688. The van der Waals surface area contributed by atoms with Crippen molar-refractivity contribution in [3.8, 4) is 0 Å². The van der Waals surface area contributed by atoms with Crippen molar-refractivity contribution in [3.63, 3.8) is 0 Å². The fourth-order valence-electron chi connectivity index (χ4n) is 1.97. The van der Waals surface area contributed by atoms with Gasteiger partial charge in [0.05, 0.1) is 0 Å². The first-order valence-corrected chi connectivity index (χ1v) is 6.72. The van der Waals surface area contributed by atoms with E-state index in [0.717, 1.165) is 0 Å². The van der Waals surface area contributed by atoms with Crippen molar-refractivity contribution in [1.82, 2.24) is 0 Å². The van der Waals surface area contributed by atoms with Crippen LogP contribution in [0.3, 0.4) is 0 Å². The van der Waals surface area contributed by atoms with E-state index in [4.69, 9.17) is 27.9 Å². The fraction of sp³-hybridized carbons (Fsp3) is 0.692. The monoisotopic (exact) mass is 292 g/mol. The lowest BCUT2D eigenvalue weighted by atomic mass is 10.1. The maximum Gasteiger partial charge on any atom is 0.306 e. The summed E-state index contributed by atoms with van der Waals surface area (Å²) in [4.78, 5) is 22.3. The Morgan fingerprint density at radius 3 is 2.39 bits per heavy atom. The standard InChI is InChI=1S/C13H18Cl2O3/c1-8(16)5-4-6-11(17)18-12-9(7-10(14)15)13(12,2)3/h7,9,12H,4-6H2,1-3H3. The van der Waals surface area contributed by atoms with Crippen molar-refractivity contribution in [1.29, 1.82) is 0 Å². The lowest BCUT2D eigenvalue weighted by Gasteiger charge is -2.05. The Balaban J connectivity index is 2.37. The maximum atomic E-state index is 11.6. The van der Waals surface area contributed by atoms with Crippen LogP contribution in [0.4, 0.5) is 0 Å². The SMILES string of the molecule is CC(=O)CCCC(=O)OC1C(C=C(Cl)Cl)C1(C)C. The molecule has 0 radical (unpaired) electrons. The predicted octanol–water partition coefficient (Wildman–Crippen LogP) is 3.63. The largest absolute Gasteiger partial charge is 0.461 e. The van der Waals surface area contributed by atoms with Gasteiger partial charge < -0.3 is 9.53 Å². The number of halogens is 2. The van der Waals surface area contributed by atoms with Crippen LogP contribution in [-0.2, 0) is 14.3 Å². The van der Waals surface area contributed by atoms with Crippen LogP contribution in [0.15, 0.2) is 10.6 Å². The molecule has 5 heteroatoms. The second kappa shape index (κ2) is 6.07.